The zero-order valence-corrected chi connectivity index (χ0v) is 8.95. The molecule has 1 heterocycles. The first kappa shape index (κ1) is 10.1. The maximum atomic E-state index is 9.40. The summed E-state index contributed by atoms with van der Waals surface area (Å²) >= 11 is 1.58. The highest BCUT2D eigenvalue weighted by Crippen LogP contribution is 2.27. The monoisotopic (exact) mass is 220 g/mol. The van der Waals surface area contributed by atoms with E-state index in [1.54, 1.807) is 29.7 Å². The highest BCUT2D eigenvalue weighted by Gasteiger charge is 2.14. The average molecular weight is 220 g/mol. The van der Waals surface area contributed by atoms with Crippen LogP contribution in [-0.4, -0.2) is 16.6 Å². The topological polar surface area (TPSA) is 59.1 Å². The van der Waals surface area contributed by atoms with Gasteiger partial charge in [-0.15, -0.1) is 11.3 Å². The number of aromatic hydroxyl groups is 1. The number of hydrogen-bond acceptors (Lipinski definition) is 4. The highest BCUT2D eigenvalue weighted by molar-refractivity contribution is 7.09. The van der Waals surface area contributed by atoms with Crippen LogP contribution in [0.2, 0.25) is 0 Å². The van der Waals surface area contributed by atoms with Crippen LogP contribution in [0.4, 0.5) is 0 Å². The fourth-order valence-corrected chi connectivity index (χ4v) is 2.31. The first-order chi connectivity index (χ1) is 7.31. The third-order valence-corrected chi connectivity index (χ3v) is 3.15. The molecular formula is C11H12N2OS. The molecule has 15 heavy (non-hydrogen) atoms. The molecule has 1 aromatic carbocycles. The summed E-state index contributed by atoms with van der Waals surface area (Å²) in [5.41, 5.74) is 6.74. The SMILES string of the molecule is NCC(c1cccc(O)c1)c1nccs1. The molecule has 1 unspecified atom stereocenters. The van der Waals surface area contributed by atoms with E-state index in [1.807, 2.05) is 17.5 Å². The number of nitrogens with two attached hydrogens (primary N) is 1. The van der Waals surface area contributed by atoms with Gasteiger partial charge in [-0.25, -0.2) is 4.98 Å². The number of rotatable bonds is 3. The van der Waals surface area contributed by atoms with E-state index in [1.165, 1.54) is 0 Å². The molecule has 1 aromatic heterocycles. The summed E-state index contributed by atoms with van der Waals surface area (Å²) in [6.45, 7) is 0.497. The second-order valence-electron chi connectivity index (χ2n) is 3.25. The van der Waals surface area contributed by atoms with Crippen molar-refractivity contribution in [3.05, 3.63) is 46.4 Å². The van der Waals surface area contributed by atoms with Gasteiger partial charge in [0.15, 0.2) is 0 Å². The predicted octanol–water partition coefficient (Wildman–Crippen LogP) is 1.94. The third kappa shape index (κ3) is 2.16. The summed E-state index contributed by atoms with van der Waals surface area (Å²) in [4.78, 5) is 4.25. The van der Waals surface area contributed by atoms with Gasteiger partial charge < -0.3 is 10.8 Å². The van der Waals surface area contributed by atoms with Crippen LogP contribution in [0, 0.1) is 0 Å². The molecule has 0 aliphatic rings. The molecule has 0 spiro atoms. The lowest BCUT2D eigenvalue weighted by Gasteiger charge is -2.12. The minimum absolute atomic E-state index is 0.0806. The molecular weight excluding hydrogens is 208 g/mol. The van der Waals surface area contributed by atoms with Crippen LogP contribution in [0.5, 0.6) is 5.75 Å². The Hall–Kier alpha value is -1.39. The summed E-state index contributed by atoms with van der Waals surface area (Å²) in [7, 11) is 0. The molecule has 0 bridgehead atoms. The summed E-state index contributed by atoms with van der Waals surface area (Å²) in [5.74, 6) is 0.347. The van der Waals surface area contributed by atoms with Crippen molar-refractivity contribution >= 4 is 11.3 Å². The van der Waals surface area contributed by atoms with Gasteiger partial charge in [0.25, 0.3) is 0 Å². The van der Waals surface area contributed by atoms with Gasteiger partial charge in [-0.05, 0) is 17.7 Å². The van der Waals surface area contributed by atoms with E-state index in [2.05, 4.69) is 4.98 Å². The Morgan fingerprint density at radius 3 is 2.93 bits per heavy atom. The summed E-state index contributed by atoms with van der Waals surface area (Å²) < 4.78 is 0. The third-order valence-electron chi connectivity index (χ3n) is 2.26. The zero-order chi connectivity index (χ0) is 10.7. The lowest BCUT2D eigenvalue weighted by atomic mass is 10.00. The van der Waals surface area contributed by atoms with Crippen LogP contribution in [0.1, 0.15) is 16.5 Å². The molecule has 3 nitrogen and oxygen atoms in total. The van der Waals surface area contributed by atoms with E-state index >= 15 is 0 Å². The molecule has 78 valence electrons. The van der Waals surface area contributed by atoms with Gasteiger partial charge in [0, 0.05) is 24.0 Å². The largest absolute Gasteiger partial charge is 0.508 e. The van der Waals surface area contributed by atoms with Crippen molar-refractivity contribution in [2.75, 3.05) is 6.54 Å². The minimum atomic E-state index is 0.0806. The number of benzene rings is 1. The van der Waals surface area contributed by atoms with Crippen LogP contribution < -0.4 is 5.73 Å². The van der Waals surface area contributed by atoms with Crippen molar-refractivity contribution < 1.29 is 5.11 Å². The zero-order valence-electron chi connectivity index (χ0n) is 8.13. The number of phenols is 1. The molecule has 2 aromatic rings. The van der Waals surface area contributed by atoms with E-state index in [-0.39, 0.29) is 11.7 Å². The molecule has 0 saturated heterocycles. The molecule has 4 heteroatoms. The first-order valence-corrected chi connectivity index (χ1v) is 5.57. The lowest BCUT2D eigenvalue weighted by Crippen LogP contribution is -2.13. The Labute approximate surface area is 92.2 Å². The quantitative estimate of drug-likeness (QED) is 0.831. The van der Waals surface area contributed by atoms with Gasteiger partial charge in [0.2, 0.25) is 0 Å². The lowest BCUT2D eigenvalue weighted by molar-refractivity contribution is 0.474. The van der Waals surface area contributed by atoms with Crippen molar-refractivity contribution in [1.82, 2.24) is 4.98 Å². The number of aromatic nitrogens is 1. The van der Waals surface area contributed by atoms with Crippen molar-refractivity contribution in [3.63, 3.8) is 0 Å². The van der Waals surface area contributed by atoms with E-state index in [0.29, 0.717) is 6.54 Å². The molecule has 0 aliphatic heterocycles. The smallest absolute Gasteiger partial charge is 0.115 e. The van der Waals surface area contributed by atoms with Crippen LogP contribution in [0.15, 0.2) is 35.8 Å². The molecule has 2 rings (SSSR count). The first-order valence-electron chi connectivity index (χ1n) is 4.69. The van der Waals surface area contributed by atoms with Crippen molar-refractivity contribution in [1.29, 1.82) is 0 Å². The second-order valence-corrected chi connectivity index (χ2v) is 4.18. The second kappa shape index (κ2) is 4.42. The molecule has 0 aliphatic carbocycles. The van der Waals surface area contributed by atoms with E-state index in [4.69, 9.17) is 5.73 Å². The fraction of sp³-hybridized carbons (Fsp3) is 0.182. The predicted molar refractivity (Wildman–Crippen MR) is 61.1 cm³/mol. The molecule has 0 saturated carbocycles. The summed E-state index contributed by atoms with van der Waals surface area (Å²) in [6.07, 6.45) is 1.77. The number of thiazole rings is 1. The molecule has 1 atom stereocenters. The maximum Gasteiger partial charge on any atom is 0.115 e. The maximum absolute atomic E-state index is 9.40. The van der Waals surface area contributed by atoms with Crippen LogP contribution in [-0.2, 0) is 0 Å². The molecule has 0 fully saturated rings. The van der Waals surface area contributed by atoms with Gasteiger partial charge in [-0.1, -0.05) is 12.1 Å². The van der Waals surface area contributed by atoms with E-state index in [9.17, 15) is 5.11 Å². The fourth-order valence-electron chi connectivity index (χ4n) is 1.53. The molecule has 0 radical (unpaired) electrons. The van der Waals surface area contributed by atoms with Gasteiger partial charge in [-0.3, -0.25) is 0 Å². The van der Waals surface area contributed by atoms with Crippen LogP contribution >= 0.6 is 11.3 Å². The van der Waals surface area contributed by atoms with Crippen LogP contribution in [0.3, 0.4) is 0 Å². The van der Waals surface area contributed by atoms with Gasteiger partial charge >= 0.3 is 0 Å². The normalized spacial score (nSPS) is 12.6. The molecule has 3 N–H and O–H groups in total. The summed E-state index contributed by atoms with van der Waals surface area (Å²) in [5, 5.41) is 12.3. The Balaban J connectivity index is 2.35. The number of hydrogen-bond donors (Lipinski definition) is 2. The van der Waals surface area contributed by atoms with Crippen molar-refractivity contribution in [2.24, 2.45) is 5.73 Å². The number of phenolic OH excluding ortho intramolecular Hbond substituents is 1. The standard InChI is InChI=1S/C11H12N2OS/c12-7-10(11-13-4-5-15-11)8-2-1-3-9(14)6-8/h1-6,10,14H,7,12H2. The van der Waals surface area contributed by atoms with Crippen molar-refractivity contribution in [3.8, 4) is 5.75 Å². The van der Waals surface area contributed by atoms with E-state index in [0.717, 1.165) is 10.6 Å². The average Bonchev–Trinajstić information content (AvgIpc) is 2.72. The highest BCUT2D eigenvalue weighted by atomic mass is 32.1. The van der Waals surface area contributed by atoms with Crippen LogP contribution in [0.25, 0.3) is 0 Å². The Kier molecular flexibility index (Phi) is 2.99. The van der Waals surface area contributed by atoms with Gasteiger partial charge in [0.1, 0.15) is 10.8 Å². The van der Waals surface area contributed by atoms with Gasteiger partial charge in [-0.2, -0.15) is 0 Å². The van der Waals surface area contributed by atoms with E-state index < -0.39 is 0 Å². The van der Waals surface area contributed by atoms with Crippen molar-refractivity contribution in [2.45, 2.75) is 5.92 Å². The van der Waals surface area contributed by atoms with Gasteiger partial charge in [0.05, 0.1) is 0 Å². The molecule has 0 amide bonds. The Bertz CT molecular complexity index is 428. The Morgan fingerprint density at radius 1 is 1.47 bits per heavy atom. The Morgan fingerprint density at radius 2 is 2.33 bits per heavy atom. The minimum Gasteiger partial charge on any atom is -0.508 e. The summed E-state index contributed by atoms with van der Waals surface area (Å²) in [6, 6.07) is 7.16. The number of nitrogens with zero attached hydrogens (tertiary/aromatic N) is 1.